The van der Waals surface area contributed by atoms with E-state index in [-0.39, 0.29) is 0 Å². The highest BCUT2D eigenvalue weighted by atomic mass is 35.5. The molecule has 2 rings (SSSR count). The predicted molar refractivity (Wildman–Crippen MR) is 109 cm³/mol. The standard InChI is InChI=1S/C19H23ClN2O4S/c1-4-18(19(23)21-16-7-5-6-14(12-16)13-26-2)22(27(3,24)25)17-10-8-15(20)9-11-17/h5-12,18H,4,13H2,1-3H3,(H,21,23)/t18-/m1/s1. The van der Waals surface area contributed by atoms with Gasteiger partial charge in [0.15, 0.2) is 0 Å². The number of benzene rings is 2. The summed E-state index contributed by atoms with van der Waals surface area (Å²) in [4.78, 5) is 12.9. The molecular formula is C19H23ClN2O4S. The van der Waals surface area contributed by atoms with Gasteiger partial charge < -0.3 is 10.1 Å². The number of methoxy groups -OCH3 is 1. The second-order valence-corrected chi connectivity index (χ2v) is 8.38. The lowest BCUT2D eigenvalue weighted by Crippen LogP contribution is -2.47. The molecule has 8 heteroatoms. The van der Waals surface area contributed by atoms with Crippen LogP contribution in [0.2, 0.25) is 5.02 Å². The molecule has 1 N–H and O–H groups in total. The Labute approximate surface area is 165 Å². The van der Waals surface area contributed by atoms with Gasteiger partial charge in [0.1, 0.15) is 6.04 Å². The van der Waals surface area contributed by atoms with Crippen LogP contribution in [0.15, 0.2) is 48.5 Å². The molecule has 0 radical (unpaired) electrons. The molecule has 0 spiro atoms. The van der Waals surface area contributed by atoms with Gasteiger partial charge in [0.05, 0.1) is 18.6 Å². The zero-order chi connectivity index (χ0) is 20.0. The van der Waals surface area contributed by atoms with E-state index in [1.807, 2.05) is 6.07 Å². The fourth-order valence-corrected chi connectivity index (χ4v) is 4.12. The first-order chi connectivity index (χ1) is 12.8. The van der Waals surface area contributed by atoms with Gasteiger partial charge in [0.2, 0.25) is 15.9 Å². The number of hydrogen-bond acceptors (Lipinski definition) is 4. The van der Waals surface area contributed by atoms with Crippen molar-refractivity contribution in [2.24, 2.45) is 0 Å². The molecule has 0 saturated carbocycles. The van der Waals surface area contributed by atoms with Crippen molar-refractivity contribution in [2.45, 2.75) is 26.0 Å². The van der Waals surface area contributed by atoms with E-state index in [0.717, 1.165) is 16.1 Å². The highest BCUT2D eigenvalue weighted by Crippen LogP contribution is 2.25. The molecule has 2 aromatic rings. The summed E-state index contributed by atoms with van der Waals surface area (Å²) in [7, 11) is -2.10. The predicted octanol–water partition coefficient (Wildman–Crippen LogP) is 3.67. The van der Waals surface area contributed by atoms with Crippen LogP contribution in [-0.4, -0.2) is 33.7 Å². The summed E-state index contributed by atoms with van der Waals surface area (Å²) in [6.45, 7) is 2.18. The van der Waals surface area contributed by atoms with Crippen LogP contribution in [-0.2, 0) is 26.2 Å². The number of hydrogen-bond donors (Lipinski definition) is 1. The number of amides is 1. The minimum atomic E-state index is -3.69. The molecular weight excluding hydrogens is 388 g/mol. The average molecular weight is 411 g/mol. The smallest absolute Gasteiger partial charge is 0.248 e. The molecule has 0 aliphatic rings. The number of halogens is 1. The lowest BCUT2D eigenvalue weighted by molar-refractivity contribution is -0.117. The second-order valence-electron chi connectivity index (χ2n) is 6.08. The Morgan fingerprint density at radius 3 is 2.44 bits per heavy atom. The Morgan fingerprint density at radius 1 is 1.22 bits per heavy atom. The summed E-state index contributed by atoms with van der Waals surface area (Å²) in [6.07, 6.45) is 1.38. The van der Waals surface area contributed by atoms with Gasteiger partial charge in [0, 0.05) is 17.8 Å². The molecule has 0 heterocycles. The van der Waals surface area contributed by atoms with Gasteiger partial charge in [-0.1, -0.05) is 30.7 Å². The Kier molecular flexibility index (Phi) is 7.24. The Balaban J connectivity index is 2.32. The number of carbonyl (C=O) groups excluding carboxylic acids is 1. The van der Waals surface area contributed by atoms with Gasteiger partial charge in [-0.3, -0.25) is 9.10 Å². The minimum absolute atomic E-state index is 0.305. The molecule has 1 atom stereocenters. The van der Waals surface area contributed by atoms with Crippen LogP contribution >= 0.6 is 11.6 Å². The van der Waals surface area contributed by atoms with Crippen molar-refractivity contribution in [2.75, 3.05) is 23.0 Å². The number of anilines is 2. The highest BCUT2D eigenvalue weighted by Gasteiger charge is 2.31. The first-order valence-corrected chi connectivity index (χ1v) is 10.6. The molecule has 0 fully saturated rings. The first-order valence-electron chi connectivity index (χ1n) is 8.40. The summed E-state index contributed by atoms with van der Waals surface area (Å²) in [5, 5.41) is 3.28. The molecule has 0 bridgehead atoms. The fraction of sp³-hybridized carbons (Fsp3) is 0.316. The summed E-state index contributed by atoms with van der Waals surface area (Å²) in [5.41, 5.74) is 1.87. The molecule has 2 aromatic carbocycles. The SMILES string of the molecule is CC[C@H](C(=O)Nc1cccc(COC)c1)N(c1ccc(Cl)cc1)S(C)(=O)=O. The number of sulfonamides is 1. The number of rotatable bonds is 8. The van der Waals surface area contributed by atoms with Gasteiger partial charge in [-0.15, -0.1) is 0 Å². The lowest BCUT2D eigenvalue weighted by Gasteiger charge is -2.30. The Morgan fingerprint density at radius 2 is 1.89 bits per heavy atom. The molecule has 0 saturated heterocycles. The maximum Gasteiger partial charge on any atom is 0.248 e. The second kappa shape index (κ2) is 9.21. The zero-order valence-electron chi connectivity index (χ0n) is 15.5. The van der Waals surface area contributed by atoms with Crippen LogP contribution in [0.5, 0.6) is 0 Å². The maximum atomic E-state index is 12.9. The summed E-state index contributed by atoms with van der Waals surface area (Å²) < 4.78 is 31.0. The van der Waals surface area contributed by atoms with Crippen LogP contribution < -0.4 is 9.62 Å². The normalized spacial score (nSPS) is 12.4. The molecule has 27 heavy (non-hydrogen) atoms. The van der Waals surface area contributed by atoms with E-state index in [1.54, 1.807) is 56.5 Å². The molecule has 0 aromatic heterocycles. The van der Waals surface area contributed by atoms with Gasteiger partial charge in [-0.25, -0.2) is 8.42 Å². The number of ether oxygens (including phenoxy) is 1. The molecule has 1 amide bonds. The van der Waals surface area contributed by atoms with Crippen molar-refractivity contribution in [3.63, 3.8) is 0 Å². The van der Waals surface area contributed by atoms with Crippen LogP contribution in [0.1, 0.15) is 18.9 Å². The first kappa shape index (κ1) is 21.2. The van der Waals surface area contributed by atoms with E-state index in [2.05, 4.69) is 5.32 Å². The quantitative estimate of drug-likeness (QED) is 0.720. The number of nitrogens with one attached hydrogen (secondary N) is 1. The van der Waals surface area contributed by atoms with Gasteiger partial charge >= 0.3 is 0 Å². The molecule has 0 aliphatic heterocycles. The van der Waals surface area contributed by atoms with E-state index in [0.29, 0.717) is 29.4 Å². The van der Waals surface area contributed by atoms with Crippen molar-refractivity contribution >= 4 is 38.9 Å². The Bertz CT molecular complexity index is 885. The summed E-state index contributed by atoms with van der Waals surface area (Å²) >= 11 is 5.90. The Hall–Kier alpha value is -2.09. The van der Waals surface area contributed by atoms with E-state index in [4.69, 9.17) is 16.3 Å². The van der Waals surface area contributed by atoms with E-state index >= 15 is 0 Å². The van der Waals surface area contributed by atoms with Crippen LogP contribution in [0, 0.1) is 0 Å². The van der Waals surface area contributed by atoms with Crippen molar-refractivity contribution in [3.8, 4) is 0 Å². The third-order valence-electron chi connectivity index (χ3n) is 3.92. The molecule has 0 aliphatic carbocycles. The number of carbonyl (C=O) groups is 1. The van der Waals surface area contributed by atoms with E-state index in [1.165, 1.54) is 0 Å². The highest BCUT2D eigenvalue weighted by molar-refractivity contribution is 7.92. The maximum absolute atomic E-state index is 12.9. The third-order valence-corrected chi connectivity index (χ3v) is 5.35. The van der Waals surface area contributed by atoms with Crippen LogP contribution in [0.4, 0.5) is 11.4 Å². The van der Waals surface area contributed by atoms with E-state index < -0.39 is 22.0 Å². The third kappa shape index (κ3) is 5.69. The average Bonchev–Trinajstić information content (AvgIpc) is 2.60. The largest absolute Gasteiger partial charge is 0.380 e. The lowest BCUT2D eigenvalue weighted by atomic mass is 10.1. The van der Waals surface area contributed by atoms with Gasteiger partial charge in [0.25, 0.3) is 0 Å². The molecule has 0 unspecified atom stereocenters. The molecule has 146 valence electrons. The van der Waals surface area contributed by atoms with Crippen molar-refractivity contribution in [3.05, 3.63) is 59.1 Å². The number of nitrogens with zero attached hydrogens (tertiary/aromatic N) is 1. The van der Waals surface area contributed by atoms with Crippen LogP contribution in [0.3, 0.4) is 0 Å². The summed E-state index contributed by atoms with van der Waals surface area (Å²) in [5.74, 6) is -0.410. The molecule has 6 nitrogen and oxygen atoms in total. The minimum Gasteiger partial charge on any atom is -0.380 e. The van der Waals surface area contributed by atoms with E-state index in [9.17, 15) is 13.2 Å². The topological polar surface area (TPSA) is 75.7 Å². The van der Waals surface area contributed by atoms with Crippen LogP contribution in [0.25, 0.3) is 0 Å². The van der Waals surface area contributed by atoms with Gasteiger partial charge in [-0.2, -0.15) is 0 Å². The van der Waals surface area contributed by atoms with Gasteiger partial charge in [-0.05, 0) is 48.4 Å². The summed E-state index contributed by atoms with van der Waals surface area (Å²) in [6, 6.07) is 12.7. The zero-order valence-corrected chi connectivity index (χ0v) is 17.0. The van der Waals surface area contributed by atoms with Crippen molar-refractivity contribution in [1.82, 2.24) is 0 Å². The fourth-order valence-electron chi connectivity index (χ4n) is 2.78. The monoisotopic (exact) mass is 410 g/mol. The van der Waals surface area contributed by atoms with Crippen molar-refractivity contribution < 1.29 is 17.9 Å². The van der Waals surface area contributed by atoms with Crippen molar-refractivity contribution in [1.29, 1.82) is 0 Å².